The topological polar surface area (TPSA) is 76.0 Å². The van der Waals surface area contributed by atoms with Gasteiger partial charge in [-0.05, 0) is 30.9 Å². The van der Waals surface area contributed by atoms with Crippen LogP contribution in [0.5, 0.6) is 5.75 Å². The number of ether oxygens (including phenoxy) is 1. The molecule has 1 atom stereocenters. The summed E-state index contributed by atoms with van der Waals surface area (Å²) in [5.74, 6) is 1.21. The maximum Gasteiger partial charge on any atom is 0.257 e. The molecule has 140 valence electrons. The Balaban J connectivity index is 1.52. The first-order chi connectivity index (χ1) is 13.2. The minimum atomic E-state index is 0.0249. The molecular formula is C20H23N5O2. The standard InChI is InChI=1S/C20H23N5O2/c1-27-17-6-2-5-16(10-17)19-18(11-22-23-19)20(26)25-8-3-4-15(13-25)12-24-9-7-21-14-24/h2,5-7,9-11,14-15H,3-4,8,12-13H2,1H3,(H,22,23)/t15-/m0/s1. The third-order valence-corrected chi connectivity index (χ3v) is 5.06. The second-order valence-electron chi connectivity index (χ2n) is 6.91. The number of aromatic amines is 1. The summed E-state index contributed by atoms with van der Waals surface area (Å²) in [6, 6.07) is 7.64. The number of imidazole rings is 1. The predicted molar refractivity (Wildman–Crippen MR) is 101 cm³/mol. The average Bonchev–Trinajstić information content (AvgIpc) is 3.39. The Morgan fingerprint density at radius 1 is 1.41 bits per heavy atom. The lowest BCUT2D eigenvalue weighted by Crippen LogP contribution is -2.41. The van der Waals surface area contributed by atoms with Gasteiger partial charge in [-0.25, -0.2) is 4.98 Å². The number of carbonyl (C=O) groups excluding carboxylic acids is 1. The monoisotopic (exact) mass is 365 g/mol. The lowest BCUT2D eigenvalue weighted by molar-refractivity contribution is 0.0663. The molecular weight excluding hydrogens is 342 g/mol. The fraction of sp³-hybridized carbons (Fsp3) is 0.350. The van der Waals surface area contributed by atoms with Gasteiger partial charge in [-0.1, -0.05) is 12.1 Å². The first kappa shape index (κ1) is 17.3. The number of aromatic nitrogens is 4. The van der Waals surface area contributed by atoms with E-state index in [1.165, 1.54) is 0 Å². The number of piperidine rings is 1. The van der Waals surface area contributed by atoms with Gasteiger partial charge in [-0.15, -0.1) is 0 Å². The number of carbonyl (C=O) groups is 1. The number of nitrogens with zero attached hydrogens (tertiary/aromatic N) is 4. The third kappa shape index (κ3) is 3.72. The van der Waals surface area contributed by atoms with Gasteiger partial charge in [0, 0.05) is 37.6 Å². The van der Waals surface area contributed by atoms with Crippen molar-refractivity contribution in [3.8, 4) is 17.0 Å². The number of hydrogen-bond acceptors (Lipinski definition) is 4. The van der Waals surface area contributed by atoms with E-state index in [1.807, 2.05) is 41.7 Å². The largest absolute Gasteiger partial charge is 0.497 e. The molecule has 2 aromatic heterocycles. The van der Waals surface area contributed by atoms with Crippen LogP contribution < -0.4 is 4.74 Å². The molecule has 1 aliphatic heterocycles. The van der Waals surface area contributed by atoms with Crippen LogP contribution in [0.15, 0.2) is 49.2 Å². The van der Waals surface area contributed by atoms with Crippen LogP contribution in [0.3, 0.4) is 0 Å². The van der Waals surface area contributed by atoms with Crippen molar-refractivity contribution < 1.29 is 9.53 Å². The molecule has 0 unspecified atom stereocenters. The minimum absolute atomic E-state index is 0.0249. The van der Waals surface area contributed by atoms with Crippen LogP contribution in [-0.4, -0.2) is 50.8 Å². The maximum absolute atomic E-state index is 13.2. The Bertz CT molecular complexity index is 903. The van der Waals surface area contributed by atoms with Crippen LogP contribution in [-0.2, 0) is 6.54 Å². The minimum Gasteiger partial charge on any atom is -0.497 e. The van der Waals surface area contributed by atoms with Gasteiger partial charge in [0.25, 0.3) is 5.91 Å². The van der Waals surface area contributed by atoms with E-state index in [2.05, 4.69) is 19.7 Å². The predicted octanol–water partition coefficient (Wildman–Crippen LogP) is 2.83. The molecule has 27 heavy (non-hydrogen) atoms. The van der Waals surface area contributed by atoms with Gasteiger partial charge >= 0.3 is 0 Å². The van der Waals surface area contributed by atoms with E-state index in [1.54, 1.807) is 19.5 Å². The molecule has 3 heterocycles. The Hall–Kier alpha value is -3.09. The van der Waals surface area contributed by atoms with Gasteiger partial charge in [0.15, 0.2) is 0 Å². The fourth-order valence-electron chi connectivity index (χ4n) is 3.71. The molecule has 7 heteroatoms. The highest BCUT2D eigenvalue weighted by Crippen LogP contribution is 2.27. The van der Waals surface area contributed by atoms with Crippen LogP contribution in [0.25, 0.3) is 11.3 Å². The summed E-state index contributed by atoms with van der Waals surface area (Å²) in [4.78, 5) is 19.2. The lowest BCUT2D eigenvalue weighted by atomic mass is 9.97. The Labute approximate surface area is 158 Å². The first-order valence-electron chi connectivity index (χ1n) is 9.17. The number of methoxy groups -OCH3 is 1. The van der Waals surface area contributed by atoms with Gasteiger partial charge in [-0.2, -0.15) is 5.10 Å². The van der Waals surface area contributed by atoms with Crippen LogP contribution >= 0.6 is 0 Å². The summed E-state index contributed by atoms with van der Waals surface area (Å²) in [5.41, 5.74) is 2.23. The Morgan fingerprint density at radius 3 is 3.15 bits per heavy atom. The van der Waals surface area contributed by atoms with Crippen LogP contribution in [0.1, 0.15) is 23.2 Å². The summed E-state index contributed by atoms with van der Waals surface area (Å²) in [7, 11) is 1.63. The molecule has 0 radical (unpaired) electrons. The number of nitrogens with one attached hydrogen (secondary N) is 1. The SMILES string of the molecule is COc1cccc(-c2[nH]ncc2C(=O)N2CCC[C@@H](Cn3ccnc3)C2)c1. The molecule has 1 aromatic carbocycles. The van der Waals surface area contributed by atoms with Crippen LogP contribution in [0.2, 0.25) is 0 Å². The van der Waals surface area contributed by atoms with E-state index in [9.17, 15) is 4.79 Å². The fourth-order valence-corrected chi connectivity index (χ4v) is 3.71. The molecule has 1 fully saturated rings. The van der Waals surface area contributed by atoms with Crippen LogP contribution in [0.4, 0.5) is 0 Å². The molecule has 0 saturated carbocycles. The van der Waals surface area contributed by atoms with Crippen molar-refractivity contribution in [2.75, 3.05) is 20.2 Å². The molecule has 1 aliphatic rings. The molecule has 1 N–H and O–H groups in total. The smallest absolute Gasteiger partial charge is 0.257 e. The summed E-state index contributed by atoms with van der Waals surface area (Å²) in [6.45, 7) is 2.42. The molecule has 3 aromatic rings. The van der Waals surface area contributed by atoms with Gasteiger partial charge in [0.2, 0.25) is 0 Å². The number of hydrogen-bond donors (Lipinski definition) is 1. The third-order valence-electron chi connectivity index (χ3n) is 5.06. The maximum atomic E-state index is 13.2. The zero-order chi connectivity index (χ0) is 18.6. The quantitative estimate of drug-likeness (QED) is 0.754. The van der Waals surface area contributed by atoms with Gasteiger partial charge < -0.3 is 14.2 Å². The Morgan fingerprint density at radius 2 is 2.33 bits per heavy atom. The Kier molecular flexibility index (Phi) is 4.91. The second-order valence-corrected chi connectivity index (χ2v) is 6.91. The van der Waals surface area contributed by atoms with Crippen molar-refractivity contribution in [1.29, 1.82) is 0 Å². The number of rotatable bonds is 5. The molecule has 7 nitrogen and oxygen atoms in total. The van der Waals surface area contributed by atoms with Crippen molar-refractivity contribution in [2.24, 2.45) is 5.92 Å². The average molecular weight is 365 g/mol. The van der Waals surface area contributed by atoms with E-state index < -0.39 is 0 Å². The van der Waals surface area contributed by atoms with Gasteiger partial charge in [0.05, 0.1) is 30.9 Å². The summed E-state index contributed by atoms with van der Waals surface area (Å²) in [5, 5.41) is 7.10. The van der Waals surface area contributed by atoms with Crippen molar-refractivity contribution in [2.45, 2.75) is 19.4 Å². The van der Waals surface area contributed by atoms with Gasteiger partial charge in [0.1, 0.15) is 5.75 Å². The normalized spacial score (nSPS) is 17.1. The molecule has 0 bridgehead atoms. The van der Waals surface area contributed by atoms with E-state index in [4.69, 9.17) is 4.74 Å². The molecule has 1 saturated heterocycles. The molecule has 0 aliphatic carbocycles. The number of likely N-dealkylation sites (tertiary alicyclic amines) is 1. The molecule has 4 rings (SSSR count). The summed E-state index contributed by atoms with van der Waals surface area (Å²) >= 11 is 0. The van der Waals surface area contributed by atoms with Crippen molar-refractivity contribution in [1.82, 2.24) is 24.6 Å². The van der Waals surface area contributed by atoms with E-state index in [0.717, 1.165) is 49.5 Å². The zero-order valence-electron chi connectivity index (χ0n) is 15.3. The summed E-state index contributed by atoms with van der Waals surface area (Å²) in [6.07, 6.45) is 9.34. The van der Waals surface area contributed by atoms with E-state index in [0.29, 0.717) is 11.5 Å². The number of H-pyrrole nitrogens is 1. The van der Waals surface area contributed by atoms with Crippen molar-refractivity contribution in [3.05, 3.63) is 54.7 Å². The second kappa shape index (κ2) is 7.65. The number of benzene rings is 1. The highest BCUT2D eigenvalue weighted by molar-refractivity contribution is 5.99. The van der Waals surface area contributed by atoms with Crippen molar-refractivity contribution in [3.63, 3.8) is 0 Å². The van der Waals surface area contributed by atoms with Gasteiger partial charge in [-0.3, -0.25) is 9.89 Å². The zero-order valence-corrected chi connectivity index (χ0v) is 15.3. The highest BCUT2D eigenvalue weighted by atomic mass is 16.5. The molecule has 1 amide bonds. The lowest BCUT2D eigenvalue weighted by Gasteiger charge is -2.33. The van der Waals surface area contributed by atoms with E-state index >= 15 is 0 Å². The molecule has 0 spiro atoms. The first-order valence-corrected chi connectivity index (χ1v) is 9.17. The van der Waals surface area contributed by atoms with E-state index in [-0.39, 0.29) is 5.91 Å². The van der Waals surface area contributed by atoms with Crippen molar-refractivity contribution >= 4 is 5.91 Å². The number of amides is 1. The van der Waals surface area contributed by atoms with Crippen LogP contribution in [0, 0.1) is 5.92 Å². The highest BCUT2D eigenvalue weighted by Gasteiger charge is 2.27. The summed E-state index contributed by atoms with van der Waals surface area (Å²) < 4.78 is 7.38.